The molecule has 0 amide bonds. The van der Waals surface area contributed by atoms with E-state index >= 15 is 0 Å². The third-order valence-electron chi connectivity index (χ3n) is 3.71. The van der Waals surface area contributed by atoms with Gasteiger partial charge in [0.1, 0.15) is 0 Å². The van der Waals surface area contributed by atoms with Gasteiger partial charge < -0.3 is 10.3 Å². The Morgan fingerprint density at radius 2 is 2.10 bits per heavy atom. The van der Waals surface area contributed by atoms with Gasteiger partial charge in [-0.15, -0.1) is 0 Å². The first kappa shape index (κ1) is 14.9. The lowest BCUT2D eigenvalue weighted by atomic mass is 10.0. The molecule has 3 rings (SSSR count). The largest absolute Gasteiger partial charge is 0.398 e. The summed E-state index contributed by atoms with van der Waals surface area (Å²) in [4.78, 5) is 4.46. The van der Waals surface area contributed by atoms with Crippen LogP contribution in [0.25, 0.3) is 11.5 Å². The molecule has 1 heterocycles. The molecule has 0 radical (unpaired) electrons. The molecule has 112 valence electrons. The smallest absolute Gasteiger partial charge is 0.260 e. The van der Waals surface area contributed by atoms with Crippen molar-refractivity contribution in [2.24, 2.45) is 0 Å². The number of hydrogen-bond acceptors (Lipinski definition) is 5. The molecule has 2 aromatic rings. The highest BCUT2D eigenvalue weighted by Crippen LogP contribution is 2.31. The predicted octanol–water partition coefficient (Wildman–Crippen LogP) is 4.65. The zero-order valence-electron chi connectivity index (χ0n) is 11.7. The van der Waals surface area contributed by atoms with E-state index in [-0.39, 0.29) is 0 Å². The lowest BCUT2D eigenvalue weighted by Gasteiger charge is -2.19. The molecule has 1 fully saturated rings. The van der Waals surface area contributed by atoms with Crippen LogP contribution in [-0.4, -0.2) is 15.4 Å². The highest BCUT2D eigenvalue weighted by Gasteiger charge is 2.16. The summed E-state index contributed by atoms with van der Waals surface area (Å²) in [6.07, 6.45) is 6.71. The molecule has 2 N–H and O–H groups in total. The van der Waals surface area contributed by atoms with E-state index in [1.165, 1.54) is 32.1 Å². The van der Waals surface area contributed by atoms with E-state index in [1.54, 1.807) is 0 Å². The third kappa shape index (κ3) is 3.80. The van der Waals surface area contributed by atoms with Crippen molar-refractivity contribution in [2.75, 3.05) is 5.73 Å². The normalized spacial score (nSPS) is 16.2. The van der Waals surface area contributed by atoms with E-state index in [4.69, 9.17) is 10.3 Å². The van der Waals surface area contributed by atoms with Gasteiger partial charge in [0, 0.05) is 15.4 Å². The van der Waals surface area contributed by atoms with E-state index in [0.29, 0.717) is 11.6 Å². The average Bonchev–Trinajstić information content (AvgIpc) is 2.95. The van der Waals surface area contributed by atoms with Crippen LogP contribution >= 0.6 is 27.7 Å². The minimum absolute atomic E-state index is 0.499. The van der Waals surface area contributed by atoms with Crippen molar-refractivity contribution < 1.29 is 4.52 Å². The molecule has 6 heteroatoms. The fraction of sp³-hybridized carbons (Fsp3) is 0.467. The first-order valence-corrected chi connectivity index (χ1v) is 9.06. The zero-order valence-corrected chi connectivity index (χ0v) is 14.1. The number of nitrogens with two attached hydrogens (primary N) is 1. The van der Waals surface area contributed by atoms with Gasteiger partial charge in [0.05, 0.1) is 11.3 Å². The first-order chi connectivity index (χ1) is 10.2. The summed E-state index contributed by atoms with van der Waals surface area (Å²) in [5, 5.41) is 4.81. The van der Waals surface area contributed by atoms with Gasteiger partial charge in [-0.05, 0) is 31.0 Å². The monoisotopic (exact) mass is 367 g/mol. The third-order valence-corrected chi connectivity index (χ3v) is 5.57. The standard InChI is InChI=1S/C15H18BrN3OS/c16-10-6-7-12(13(17)8-10)15-18-14(19-20-15)9-21-11-4-2-1-3-5-11/h6-8,11H,1-5,9,17H2. The summed E-state index contributed by atoms with van der Waals surface area (Å²) < 4.78 is 6.28. The molecule has 0 spiro atoms. The molecule has 21 heavy (non-hydrogen) atoms. The fourth-order valence-electron chi connectivity index (χ4n) is 2.57. The van der Waals surface area contributed by atoms with Crippen LogP contribution in [0, 0.1) is 0 Å². The molecule has 0 unspecified atom stereocenters. The molecule has 0 bridgehead atoms. The van der Waals surface area contributed by atoms with Crippen LogP contribution in [0.1, 0.15) is 37.9 Å². The molecule has 1 aliphatic carbocycles. The second-order valence-corrected chi connectivity index (χ2v) is 7.52. The van der Waals surface area contributed by atoms with Crippen LogP contribution in [0.5, 0.6) is 0 Å². The average molecular weight is 368 g/mol. The molecule has 0 saturated heterocycles. The summed E-state index contributed by atoms with van der Waals surface area (Å²) in [7, 11) is 0. The van der Waals surface area contributed by atoms with E-state index in [2.05, 4.69) is 26.1 Å². The van der Waals surface area contributed by atoms with Gasteiger partial charge in [-0.25, -0.2) is 0 Å². The van der Waals surface area contributed by atoms with Gasteiger partial charge >= 0.3 is 0 Å². The Bertz CT molecular complexity index is 611. The van der Waals surface area contributed by atoms with Crippen molar-refractivity contribution in [1.29, 1.82) is 0 Å². The summed E-state index contributed by atoms with van der Waals surface area (Å²) in [6.45, 7) is 0. The van der Waals surface area contributed by atoms with Crippen LogP contribution in [0.15, 0.2) is 27.2 Å². The van der Waals surface area contributed by atoms with Crippen molar-refractivity contribution >= 4 is 33.4 Å². The second-order valence-electron chi connectivity index (χ2n) is 5.32. The minimum Gasteiger partial charge on any atom is -0.398 e. The van der Waals surface area contributed by atoms with Crippen molar-refractivity contribution in [2.45, 2.75) is 43.1 Å². The number of thioether (sulfide) groups is 1. The number of hydrogen-bond donors (Lipinski definition) is 1. The minimum atomic E-state index is 0.499. The summed E-state index contributed by atoms with van der Waals surface area (Å²) in [6, 6.07) is 5.66. The predicted molar refractivity (Wildman–Crippen MR) is 90.0 cm³/mol. The lowest BCUT2D eigenvalue weighted by molar-refractivity contribution is 0.425. The van der Waals surface area contributed by atoms with Gasteiger partial charge in [-0.1, -0.05) is 40.3 Å². The van der Waals surface area contributed by atoms with E-state index in [9.17, 15) is 0 Å². The SMILES string of the molecule is Nc1cc(Br)ccc1-c1nc(CSC2CCCCC2)no1. The van der Waals surface area contributed by atoms with Crippen molar-refractivity contribution in [3.63, 3.8) is 0 Å². The van der Waals surface area contributed by atoms with Gasteiger partial charge in [0.2, 0.25) is 0 Å². The molecule has 1 aliphatic rings. The van der Waals surface area contributed by atoms with Gasteiger partial charge in [0.25, 0.3) is 5.89 Å². The Labute approximate surface area is 137 Å². The van der Waals surface area contributed by atoms with E-state index in [1.807, 2.05) is 30.0 Å². The van der Waals surface area contributed by atoms with Crippen LogP contribution in [0.2, 0.25) is 0 Å². The number of rotatable bonds is 4. The molecule has 4 nitrogen and oxygen atoms in total. The Hall–Kier alpha value is -1.01. The lowest BCUT2D eigenvalue weighted by Crippen LogP contribution is -2.08. The van der Waals surface area contributed by atoms with Crippen LogP contribution in [0.4, 0.5) is 5.69 Å². The van der Waals surface area contributed by atoms with Crippen LogP contribution in [0.3, 0.4) is 0 Å². The van der Waals surface area contributed by atoms with Gasteiger partial charge in [0.15, 0.2) is 5.82 Å². The van der Waals surface area contributed by atoms with Gasteiger partial charge in [-0.2, -0.15) is 16.7 Å². The number of nitrogens with zero attached hydrogens (tertiary/aromatic N) is 2. The number of nitrogen functional groups attached to an aromatic ring is 1. The molecule has 1 aromatic heterocycles. The number of anilines is 1. The molecule has 1 saturated carbocycles. The topological polar surface area (TPSA) is 64.9 Å². The van der Waals surface area contributed by atoms with E-state index in [0.717, 1.165) is 26.9 Å². The highest BCUT2D eigenvalue weighted by molar-refractivity contribution is 9.10. The molecular formula is C15H18BrN3OS. The van der Waals surface area contributed by atoms with E-state index < -0.39 is 0 Å². The Morgan fingerprint density at radius 1 is 1.29 bits per heavy atom. The highest BCUT2D eigenvalue weighted by atomic mass is 79.9. The van der Waals surface area contributed by atoms with Crippen LogP contribution < -0.4 is 5.73 Å². The first-order valence-electron chi connectivity index (χ1n) is 7.22. The van der Waals surface area contributed by atoms with Crippen LogP contribution in [-0.2, 0) is 5.75 Å². The maximum Gasteiger partial charge on any atom is 0.260 e. The quantitative estimate of drug-likeness (QED) is 0.796. The van der Waals surface area contributed by atoms with Crippen molar-refractivity contribution in [3.8, 4) is 11.5 Å². The number of aromatic nitrogens is 2. The molecular weight excluding hydrogens is 350 g/mol. The molecule has 1 aromatic carbocycles. The summed E-state index contributed by atoms with van der Waals surface area (Å²) in [5.74, 6) is 2.06. The second kappa shape index (κ2) is 6.83. The number of halogens is 1. The zero-order chi connectivity index (χ0) is 14.7. The molecule has 0 atom stereocenters. The Balaban J connectivity index is 1.65. The Morgan fingerprint density at radius 3 is 2.86 bits per heavy atom. The summed E-state index contributed by atoms with van der Waals surface area (Å²) >= 11 is 5.33. The molecule has 0 aliphatic heterocycles. The van der Waals surface area contributed by atoms with Crippen molar-refractivity contribution in [1.82, 2.24) is 10.1 Å². The number of benzene rings is 1. The Kier molecular flexibility index (Phi) is 4.85. The van der Waals surface area contributed by atoms with Crippen molar-refractivity contribution in [3.05, 3.63) is 28.5 Å². The maximum atomic E-state index is 5.99. The fourth-order valence-corrected chi connectivity index (χ4v) is 4.12. The maximum absolute atomic E-state index is 5.99. The van der Waals surface area contributed by atoms with Gasteiger partial charge in [-0.3, -0.25) is 0 Å². The summed E-state index contributed by atoms with van der Waals surface area (Å²) in [5.41, 5.74) is 7.42.